The van der Waals surface area contributed by atoms with Crippen molar-refractivity contribution in [2.45, 2.75) is 30.8 Å². The fourth-order valence-electron chi connectivity index (χ4n) is 3.46. The molecule has 0 saturated carbocycles. The molecule has 0 bridgehead atoms. The molecule has 0 spiro atoms. The third kappa shape index (κ3) is 4.09. The number of aromatic nitrogens is 1. The van der Waals surface area contributed by atoms with Crippen LogP contribution in [0.3, 0.4) is 0 Å². The minimum atomic E-state index is -3.91. The van der Waals surface area contributed by atoms with Crippen molar-refractivity contribution in [2.75, 3.05) is 11.9 Å². The average molecular weight is 444 g/mol. The second-order valence-corrected chi connectivity index (χ2v) is 9.55. The summed E-state index contributed by atoms with van der Waals surface area (Å²) >= 11 is 1.29. The molecule has 9 heteroatoms. The number of carbonyl (C=O) groups is 1. The summed E-state index contributed by atoms with van der Waals surface area (Å²) in [6.07, 6.45) is 1.88. The lowest BCUT2D eigenvalue weighted by Crippen LogP contribution is -2.50. The van der Waals surface area contributed by atoms with Crippen LogP contribution in [0, 0.1) is 0 Å². The Morgan fingerprint density at radius 3 is 2.60 bits per heavy atom. The Morgan fingerprint density at radius 2 is 1.93 bits per heavy atom. The molecule has 0 radical (unpaired) electrons. The third-order valence-electron chi connectivity index (χ3n) is 4.91. The van der Waals surface area contributed by atoms with Crippen molar-refractivity contribution in [3.63, 3.8) is 0 Å². The highest BCUT2D eigenvalue weighted by molar-refractivity contribution is 7.89. The predicted octanol–water partition coefficient (Wildman–Crippen LogP) is 3.30. The van der Waals surface area contributed by atoms with Crippen molar-refractivity contribution in [1.82, 2.24) is 9.29 Å². The first-order valence-corrected chi connectivity index (χ1v) is 11.8. The number of hydrogen-bond donors (Lipinski definition) is 1. The molecule has 1 aliphatic rings. The summed E-state index contributed by atoms with van der Waals surface area (Å²) in [5, 5.41) is 4.94. The van der Waals surface area contributed by atoms with Gasteiger partial charge in [0.05, 0.1) is 11.5 Å². The molecular weight excluding hydrogens is 422 g/mol. The summed E-state index contributed by atoms with van der Waals surface area (Å²) in [5.74, 6) is 0.201. The molecule has 0 unspecified atom stereocenters. The van der Waals surface area contributed by atoms with E-state index in [1.54, 1.807) is 23.7 Å². The SMILES string of the molecule is CCOc1ccc(S(=O)(=O)N2Cc3ccccc3C[C@H]2C(=O)Nc2nccs2)cc1. The average Bonchev–Trinajstić information content (AvgIpc) is 3.26. The molecule has 1 aliphatic heterocycles. The maximum Gasteiger partial charge on any atom is 0.244 e. The maximum absolute atomic E-state index is 13.5. The molecule has 2 aromatic carbocycles. The van der Waals surface area contributed by atoms with Crippen LogP contribution in [-0.4, -0.2) is 36.3 Å². The van der Waals surface area contributed by atoms with E-state index in [2.05, 4.69) is 10.3 Å². The summed E-state index contributed by atoms with van der Waals surface area (Å²) in [7, 11) is -3.91. The number of nitrogens with one attached hydrogen (secondary N) is 1. The number of benzene rings is 2. The largest absolute Gasteiger partial charge is 0.494 e. The van der Waals surface area contributed by atoms with E-state index in [9.17, 15) is 13.2 Å². The molecule has 1 N–H and O–H groups in total. The minimum absolute atomic E-state index is 0.123. The fourth-order valence-corrected chi connectivity index (χ4v) is 5.56. The number of carbonyl (C=O) groups excluding carboxylic acids is 1. The summed E-state index contributed by atoms with van der Waals surface area (Å²) in [4.78, 5) is 17.2. The van der Waals surface area contributed by atoms with Gasteiger partial charge in [0.2, 0.25) is 15.9 Å². The van der Waals surface area contributed by atoms with E-state index < -0.39 is 22.0 Å². The number of sulfonamides is 1. The molecule has 1 amide bonds. The first kappa shape index (κ1) is 20.5. The van der Waals surface area contributed by atoms with Crippen LogP contribution in [-0.2, 0) is 27.8 Å². The molecule has 1 aromatic heterocycles. The number of amides is 1. The molecule has 1 atom stereocenters. The second-order valence-electron chi connectivity index (χ2n) is 6.77. The number of ether oxygens (including phenoxy) is 1. The normalized spacial score (nSPS) is 16.6. The van der Waals surface area contributed by atoms with E-state index in [4.69, 9.17) is 4.74 Å². The zero-order valence-electron chi connectivity index (χ0n) is 16.3. The smallest absolute Gasteiger partial charge is 0.244 e. The number of hydrogen-bond acceptors (Lipinski definition) is 6. The van der Waals surface area contributed by atoms with Crippen molar-refractivity contribution in [1.29, 1.82) is 0 Å². The fraction of sp³-hybridized carbons (Fsp3) is 0.238. The summed E-state index contributed by atoms with van der Waals surface area (Å²) in [6.45, 7) is 2.48. The van der Waals surface area contributed by atoms with E-state index in [0.29, 0.717) is 23.9 Å². The Bertz CT molecular complexity index is 1130. The number of thiazole rings is 1. The van der Waals surface area contributed by atoms with Crippen molar-refractivity contribution < 1.29 is 17.9 Å². The molecule has 0 fully saturated rings. The van der Waals surface area contributed by atoms with Crippen molar-refractivity contribution >= 4 is 32.4 Å². The summed E-state index contributed by atoms with van der Waals surface area (Å²) < 4.78 is 33.6. The van der Waals surface area contributed by atoms with Crippen molar-refractivity contribution in [3.05, 3.63) is 71.2 Å². The first-order valence-electron chi connectivity index (χ1n) is 9.51. The van der Waals surface area contributed by atoms with Crippen LogP contribution in [0.1, 0.15) is 18.1 Å². The van der Waals surface area contributed by atoms with Gasteiger partial charge in [0.25, 0.3) is 0 Å². The quantitative estimate of drug-likeness (QED) is 0.632. The minimum Gasteiger partial charge on any atom is -0.494 e. The van der Waals surface area contributed by atoms with Crippen molar-refractivity contribution in [3.8, 4) is 5.75 Å². The lowest BCUT2D eigenvalue weighted by Gasteiger charge is -2.34. The van der Waals surface area contributed by atoms with Crippen LogP contribution in [0.4, 0.5) is 5.13 Å². The Morgan fingerprint density at radius 1 is 1.20 bits per heavy atom. The highest BCUT2D eigenvalue weighted by Gasteiger charge is 2.39. The van der Waals surface area contributed by atoms with Crippen LogP contribution in [0.2, 0.25) is 0 Å². The Balaban J connectivity index is 1.68. The van der Waals surface area contributed by atoms with Gasteiger partial charge in [0, 0.05) is 18.1 Å². The zero-order chi connectivity index (χ0) is 21.1. The van der Waals surface area contributed by atoms with E-state index in [-0.39, 0.29) is 11.4 Å². The Labute approximate surface area is 179 Å². The van der Waals surface area contributed by atoms with Gasteiger partial charge in [-0.15, -0.1) is 11.3 Å². The van der Waals surface area contributed by atoms with Crippen LogP contribution in [0.25, 0.3) is 0 Å². The summed E-state index contributed by atoms with van der Waals surface area (Å²) in [6, 6.07) is 13.0. The molecule has 7 nitrogen and oxygen atoms in total. The topological polar surface area (TPSA) is 88.6 Å². The van der Waals surface area contributed by atoms with Crippen LogP contribution in [0.5, 0.6) is 5.75 Å². The van der Waals surface area contributed by atoms with Crippen LogP contribution in [0.15, 0.2) is 65.0 Å². The van der Waals surface area contributed by atoms with Crippen LogP contribution < -0.4 is 10.1 Å². The van der Waals surface area contributed by atoms with Gasteiger partial charge in [-0.1, -0.05) is 24.3 Å². The molecule has 2 heterocycles. The van der Waals surface area contributed by atoms with Gasteiger partial charge in [0.1, 0.15) is 11.8 Å². The molecule has 4 rings (SSSR count). The van der Waals surface area contributed by atoms with E-state index in [0.717, 1.165) is 11.1 Å². The first-order chi connectivity index (χ1) is 14.5. The highest BCUT2D eigenvalue weighted by atomic mass is 32.2. The molecule has 30 heavy (non-hydrogen) atoms. The number of nitrogens with zero attached hydrogens (tertiary/aromatic N) is 2. The van der Waals surface area contributed by atoms with Crippen molar-refractivity contribution in [2.24, 2.45) is 0 Å². The highest BCUT2D eigenvalue weighted by Crippen LogP contribution is 2.30. The van der Waals surface area contributed by atoms with E-state index in [1.165, 1.54) is 27.8 Å². The van der Waals surface area contributed by atoms with Crippen LogP contribution >= 0.6 is 11.3 Å². The van der Waals surface area contributed by atoms with Gasteiger partial charge in [-0.3, -0.25) is 4.79 Å². The van der Waals surface area contributed by atoms with Gasteiger partial charge < -0.3 is 10.1 Å². The maximum atomic E-state index is 13.5. The molecule has 3 aromatic rings. The van der Waals surface area contributed by atoms with Gasteiger partial charge in [-0.2, -0.15) is 4.31 Å². The van der Waals surface area contributed by atoms with Gasteiger partial charge in [-0.25, -0.2) is 13.4 Å². The zero-order valence-corrected chi connectivity index (χ0v) is 17.9. The third-order valence-corrected chi connectivity index (χ3v) is 7.47. The number of anilines is 1. The monoisotopic (exact) mass is 443 g/mol. The number of rotatable bonds is 6. The summed E-state index contributed by atoms with van der Waals surface area (Å²) in [5.41, 5.74) is 1.86. The Hall–Kier alpha value is -2.75. The Kier molecular flexibility index (Phi) is 5.85. The lowest BCUT2D eigenvalue weighted by molar-refractivity contribution is -0.120. The molecule has 0 saturated heterocycles. The van der Waals surface area contributed by atoms with E-state index >= 15 is 0 Å². The van der Waals surface area contributed by atoms with Gasteiger partial charge >= 0.3 is 0 Å². The molecular formula is C21H21N3O4S2. The second kappa shape index (κ2) is 8.55. The molecule has 0 aliphatic carbocycles. The molecule has 156 valence electrons. The standard InChI is InChI=1S/C21H21N3O4S2/c1-2-28-17-7-9-18(10-8-17)30(26,27)24-14-16-6-4-3-5-15(16)13-19(24)20(25)23-21-22-11-12-29-21/h3-12,19H,2,13-14H2,1H3,(H,22,23,25)/t19-/m0/s1. The van der Waals surface area contributed by atoms with E-state index in [1.807, 2.05) is 31.2 Å². The predicted molar refractivity (Wildman–Crippen MR) is 115 cm³/mol. The number of fused-ring (bicyclic) bond motifs is 1. The lowest BCUT2D eigenvalue weighted by atomic mass is 9.95. The van der Waals surface area contributed by atoms with Gasteiger partial charge in [0.15, 0.2) is 5.13 Å². The van der Waals surface area contributed by atoms with Gasteiger partial charge in [-0.05, 0) is 48.7 Å².